The molecule has 0 bridgehead atoms. The van der Waals surface area contributed by atoms with Gasteiger partial charge in [-0.2, -0.15) is 0 Å². The highest BCUT2D eigenvalue weighted by atomic mass is 16.3. The van der Waals surface area contributed by atoms with Gasteiger partial charge in [-0.05, 0) is 18.8 Å². The zero-order valence-corrected chi connectivity index (χ0v) is 9.19. The molecular formula is C12H18N2O. The topological polar surface area (TPSA) is 46.0 Å². The normalized spacial score (nSPS) is 26.5. The summed E-state index contributed by atoms with van der Waals surface area (Å²) in [4.78, 5) is 8.65. The van der Waals surface area contributed by atoms with Crippen molar-refractivity contribution < 1.29 is 5.11 Å². The van der Waals surface area contributed by atoms with Crippen LogP contribution in [-0.4, -0.2) is 15.1 Å². The van der Waals surface area contributed by atoms with E-state index in [0.29, 0.717) is 5.92 Å². The quantitative estimate of drug-likeness (QED) is 0.807. The Kier molecular flexibility index (Phi) is 3.31. The van der Waals surface area contributed by atoms with Crippen molar-refractivity contribution in [1.29, 1.82) is 0 Å². The van der Waals surface area contributed by atoms with E-state index in [2.05, 4.69) is 16.9 Å². The first kappa shape index (κ1) is 10.6. The van der Waals surface area contributed by atoms with E-state index in [1.807, 2.05) is 0 Å². The lowest BCUT2D eigenvalue weighted by Crippen LogP contribution is -2.13. The zero-order chi connectivity index (χ0) is 10.7. The lowest BCUT2D eigenvalue weighted by Gasteiger charge is -2.24. The maximum absolute atomic E-state index is 8.89. The maximum atomic E-state index is 8.89. The third-order valence-corrected chi connectivity index (χ3v) is 3.29. The Labute approximate surface area is 90.6 Å². The number of aromatic nitrogens is 2. The van der Waals surface area contributed by atoms with Gasteiger partial charge in [-0.1, -0.05) is 19.8 Å². The van der Waals surface area contributed by atoms with Gasteiger partial charge in [0.15, 0.2) is 0 Å². The van der Waals surface area contributed by atoms with Gasteiger partial charge in [0.2, 0.25) is 0 Å². The van der Waals surface area contributed by atoms with Crippen LogP contribution >= 0.6 is 0 Å². The molecule has 0 radical (unpaired) electrons. The van der Waals surface area contributed by atoms with Crippen LogP contribution < -0.4 is 0 Å². The van der Waals surface area contributed by atoms with E-state index in [1.54, 1.807) is 12.4 Å². The monoisotopic (exact) mass is 206 g/mol. The standard InChI is InChI=1S/C12H18N2O/c1-9-2-4-11(5-3-9)12-13-6-10(8-15)7-14-12/h6-7,9,11,15H,2-5,8H2,1H3. The van der Waals surface area contributed by atoms with E-state index in [9.17, 15) is 0 Å². The van der Waals surface area contributed by atoms with Gasteiger partial charge in [0.05, 0.1) is 6.61 Å². The molecule has 0 aromatic carbocycles. The molecule has 0 atom stereocenters. The third kappa shape index (κ3) is 2.53. The Morgan fingerprint density at radius 2 is 1.80 bits per heavy atom. The summed E-state index contributed by atoms with van der Waals surface area (Å²) in [5.41, 5.74) is 0.794. The molecule has 0 amide bonds. The minimum atomic E-state index is 0.0297. The molecule has 1 aromatic heterocycles. The maximum Gasteiger partial charge on any atom is 0.131 e. The third-order valence-electron chi connectivity index (χ3n) is 3.29. The summed E-state index contributed by atoms with van der Waals surface area (Å²) < 4.78 is 0. The summed E-state index contributed by atoms with van der Waals surface area (Å²) in [6, 6.07) is 0. The average Bonchev–Trinajstić information content (AvgIpc) is 2.30. The highest BCUT2D eigenvalue weighted by molar-refractivity contribution is 5.06. The number of hydrogen-bond donors (Lipinski definition) is 1. The van der Waals surface area contributed by atoms with Gasteiger partial charge in [0.1, 0.15) is 5.82 Å². The molecule has 3 heteroatoms. The number of aliphatic hydroxyl groups is 1. The largest absolute Gasteiger partial charge is 0.392 e. The highest BCUT2D eigenvalue weighted by Crippen LogP contribution is 2.33. The molecule has 1 saturated carbocycles. The van der Waals surface area contributed by atoms with Gasteiger partial charge in [-0.25, -0.2) is 9.97 Å². The second kappa shape index (κ2) is 4.71. The fraction of sp³-hybridized carbons (Fsp3) is 0.667. The first-order valence-corrected chi connectivity index (χ1v) is 5.71. The Balaban J connectivity index is 2.03. The predicted octanol–water partition coefficient (Wildman–Crippen LogP) is 2.26. The summed E-state index contributed by atoms with van der Waals surface area (Å²) in [5, 5.41) is 8.89. The Hall–Kier alpha value is -0.960. The predicted molar refractivity (Wildman–Crippen MR) is 58.3 cm³/mol. The number of rotatable bonds is 2. The number of nitrogens with zero attached hydrogens (tertiary/aromatic N) is 2. The van der Waals surface area contributed by atoms with Gasteiger partial charge in [-0.15, -0.1) is 0 Å². The molecule has 0 aliphatic heterocycles. The Morgan fingerprint density at radius 3 is 2.33 bits per heavy atom. The molecule has 1 aliphatic carbocycles. The van der Waals surface area contributed by atoms with Crippen molar-refractivity contribution >= 4 is 0 Å². The molecular weight excluding hydrogens is 188 g/mol. The molecule has 0 spiro atoms. The van der Waals surface area contributed by atoms with E-state index in [4.69, 9.17) is 5.11 Å². The van der Waals surface area contributed by atoms with Gasteiger partial charge in [0.25, 0.3) is 0 Å². The average molecular weight is 206 g/mol. The second-order valence-corrected chi connectivity index (χ2v) is 4.56. The van der Waals surface area contributed by atoms with Crippen molar-refractivity contribution in [1.82, 2.24) is 9.97 Å². The van der Waals surface area contributed by atoms with Crippen LogP contribution in [0.1, 0.15) is 49.9 Å². The van der Waals surface area contributed by atoms with E-state index in [-0.39, 0.29) is 6.61 Å². The summed E-state index contributed by atoms with van der Waals surface area (Å²) in [6.07, 6.45) is 8.46. The Bertz CT molecular complexity index is 302. The summed E-state index contributed by atoms with van der Waals surface area (Å²) in [5.74, 6) is 2.35. The molecule has 1 aromatic rings. The minimum absolute atomic E-state index is 0.0297. The molecule has 82 valence electrons. The molecule has 2 rings (SSSR count). The molecule has 1 heterocycles. The molecule has 15 heavy (non-hydrogen) atoms. The van der Waals surface area contributed by atoms with Crippen LogP contribution in [0.3, 0.4) is 0 Å². The van der Waals surface area contributed by atoms with Gasteiger partial charge in [-0.3, -0.25) is 0 Å². The fourth-order valence-corrected chi connectivity index (χ4v) is 2.18. The van der Waals surface area contributed by atoms with Crippen LogP contribution in [0, 0.1) is 5.92 Å². The van der Waals surface area contributed by atoms with E-state index in [1.165, 1.54) is 25.7 Å². The molecule has 1 fully saturated rings. The molecule has 0 saturated heterocycles. The van der Waals surface area contributed by atoms with Crippen molar-refractivity contribution in [2.24, 2.45) is 5.92 Å². The van der Waals surface area contributed by atoms with Crippen LogP contribution in [0.4, 0.5) is 0 Å². The van der Waals surface area contributed by atoms with E-state index < -0.39 is 0 Å². The first-order chi connectivity index (χ1) is 7.29. The van der Waals surface area contributed by atoms with Crippen LogP contribution in [0.25, 0.3) is 0 Å². The van der Waals surface area contributed by atoms with E-state index in [0.717, 1.165) is 17.3 Å². The van der Waals surface area contributed by atoms with Crippen molar-refractivity contribution in [3.05, 3.63) is 23.8 Å². The van der Waals surface area contributed by atoms with Crippen LogP contribution in [0.2, 0.25) is 0 Å². The number of hydrogen-bond acceptors (Lipinski definition) is 3. The van der Waals surface area contributed by atoms with Gasteiger partial charge >= 0.3 is 0 Å². The highest BCUT2D eigenvalue weighted by Gasteiger charge is 2.21. The molecule has 3 nitrogen and oxygen atoms in total. The molecule has 0 unspecified atom stereocenters. The summed E-state index contributed by atoms with van der Waals surface area (Å²) in [7, 11) is 0. The van der Waals surface area contributed by atoms with Crippen LogP contribution in [0.15, 0.2) is 12.4 Å². The zero-order valence-electron chi connectivity index (χ0n) is 9.19. The van der Waals surface area contributed by atoms with Gasteiger partial charge < -0.3 is 5.11 Å². The van der Waals surface area contributed by atoms with E-state index >= 15 is 0 Å². The van der Waals surface area contributed by atoms with Crippen LogP contribution in [-0.2, 0) is 6.61 Å². The van der Waals surface area contributed by atoms with Crippen molar-refractivity contribution in [3.8, 4) is 0 Å². The van der Waals surface area contributed by atoms with Gasteiger partial charge in [0, 0.05) is 23.9 Å². The van der Waals surface area contributed by atoms with Crippen molar-refractivity contribution in [3.63, 3.8) is 0 Å². The smallest absolute Gasteiger partial charge is 0.131 e. The minimum Gasteiger partial charge on any atom is -0.392 e. The second-order valence-electron chi connectivity index (χ2n) is 4.56. The lowest BCUT2D eigenvalue weighted by molar-refractivity contribution is 0.280. The van der Waals surface area contributed by atoms with Crippen molar-refractivity contribution in [2.45, 2.75) is 45.1 Å². The fourth-order valence-electron chi connectivity index (χ4n) is 2.18. The summed E-state index contributed by atoms with van der Waals surface area (Å²) in [6.45, 7) is 2.34. The molecule has 1 N–H and O–H groups in total. The lowest BCUT2D eigenvalue weighted by atomic mass is 9.82. The molecule has 1 aliphatic rings. The SMILES string of the molecule is CC1CCC(c2ncc(CO)cn2)CC1. The Morgan fingerprint density at radius 1 is 1.20 bits per heavy atom. The van der Waals surface area contributed by atoms with Crippen molar-refractivity contribution in [2.75, 3.05) is 0 Å². The van der Waals surface area contributed by atoms with Crippen LogP contribution in [0.5, 0.6) is 0 Å². The first-order valence-electron chi connectivity index (χ1n) is 5.71. The number of aliphatic hydroxyl groups excluding tert-OH is 1. The summed E-state index contributed by atoms with van der Waals surface area (Å²) >= 11 is 0.